The Balaban J connectivity index is 2.98. The molecule has 0 saturated heterocycles. The van der Waals surface area contributed by atoms with E-state index in [1.807, 2.05) is 30.3 Å². The predicted octanol–water partition coefficient (Wildman–Crippen LogP) is 1.66. The first-order chi connectivity index (χ1) is 4.30. The Hall–Kier alpha value is -0.120. The van der Waals surface area contributed by atoms with E-state index >= 15 is 0 Å². The van der Waals surface area contributed by atoms with Crippen LogP contribution < -0.4 is 5.30 Å². The standard InChI is InChI=1S/C6H8OP2/c7-9(8)6-4-2-1-3-5-6/h1-5,9H,8H2. The summed E-state index contributed by atoms with van der Waals surface area (Å²) in [5.74, 6) is 0. The lowest BCUT2D eigenvalue weighted by Crippen LogP contribution is -1.88. The van der Waals surface area contributed by atoms with Gasteiger partial charge in [-0.25, -0.2) is 0 Å². The number of benzene rings is 1. The molecule has 1 nitrogen and oxygen atoms in total. The van der Waals surface area contributed by atoms with Crippen LogP contribution in [-0.2, 0) is 4.57 Å². The van der Waals surface area contributed by atoms with E-state index in [0.717, 1.165) is 5.30 Å². The Morgan fingerprint density at radius 3 is 2.11 bits per heavy atom. The average molecular weight is 158 g/mol. The second-order valence-electron chi connectivity index (χ2n) is 1.73. The van der Waals surface area contributed by atoms with Crippen LogP contribution in [0.4, 0.5) is 0 Å². The summed E-state index contributed by atoms with van der Waals surface area (Å²) in [7, 11) is 0.773. The predicted molar refractivity (Wildman–Crippen MR) is 44.8 cm³/mol. The van der Waals surface area contributed by atoms with Crippen molar-refractivity contribution in [3.05, 3.63) is 30.3 Å². The van der Waals surface area contributed by atoms with E-state index in [2.05, 4.69) is 8.93 Å². The molecule has 0 heterocycles. The van der Waals surface area contributed by atoms with Crippen molar-refractivity contribution in [2.24, 2.45) is 0 Å². The maximum Gasteiger partial charge on any atom is 0.118 e. The van der Waals surface area contributed by atoms with Gasteiger partial charge in [0.15, 0.2) is 0 Å². The third kappa shape index (κ3) is 1.93. The van der Waals surface area contributed by atoms with E-state index < -0.39 is 7.49 Å². The fourth-order valence-corrected chi connectivity index (χ4v) is 1.70. The van der Waals surface area contributed by atoms with Crippen LogP contribution in [-0.4, -0.2) is 0 Å². The lowest BCUT2D eigenvalue weighted by atomic mass is 10.4. The van der Waals surface area contributed by atoms with Gasteiger partial charge in [0.25, 0.3) is 0 Å². The Labute approximate surface area is 57.4 Å². The minimum absolute atomic E-state index is 0.924. The first-order valence-electron chi connectivity index (χ1n) is 2.65. The van der Waals surface area contributed by atoms with Gasteiger partial charge in [0.1, 0.15) is 7.49 Å². The molecule has 3 heteroatoms. The Kier molecular flexibility index (Phi) is 2.45. The highest BCUT2D eigenvalue weighted by Crippen LogP contribution is 2.28. The molecule has 0 saturated carbocycles. The highest BCUT2D eigenvalue weighted by Gasteiger charge is 1.90. The monoisotopic (exact) mass is 158 g/mol. The van der Waals surface area contributed by atoms with Gasteiger partial charge >= 0.3 is 0 Å². The summed E-state index contributed by atoms with van der Waals surface area (Å²) in [6.45, 7) is 0. The molecule has 0 spiro atoms. The van der Waals surface area contributed by atoms with Crippen molar-refractivity contribution in [2.75, 3.05) is 0 Å². The summed E-state index contributed by atoms with van der Waals surface area (Å²) in [6, 6.07) is 9.44. The van der Waals surface area contributed by atoms with Gasteiger partial charge in [-0.3, -0.25) is 0 Å². The smallest absolute Gasteiger partial charge is 0.118 e. The topological polar surface area (TPSA) is 17.1 Å². The van der Waals surface area contributed by atoms with Gasteiger partial charge in [0, 0.05) is 5.30 Å². The highest BCUT2D eigenvalue weighted by atomic mass is 32.0. The number of hydrogen-bond acceptors (Lipinski definition) is 1. The largest absolute Gasteiger partial charge is 0.318 e. The molecular weight excluding hydrogens is 150 g/mol. The van der Waals surface area contributed by atoms with E-state index in [0.29, 0.717) is 0 Å². The van der Waals surface area contributed by atoms with Crippen molar-refractivity contribution in [3.8, 4) is 0 Å². The molecule has 0 fully saturated rings. The average Bonchev–Trinajstić information content (AvgIpc) is 1.90. The second-order valence-corrected chi connectivity index (χ2v) is 4.61. The second kappa shape index (κ2) is 3.15. The molecule has 2 unspecified atom stereocenters. The molecule has 0 bridgehead atoms. The molecule has 1 rings (SSSR count). The summed E-state index contributed by atoms with van der Waals surface area (Å²) < 4.78 is 10.8. The van der Waals surface area contributed by atoms with Gasteiger partial charge in [-0.05, 0) is 0 Å². The molecule has 1 aromatic carbocycles. The number of hydrogen-bond donors (Lipinski definition) is 0. The maximum atomic E-state index is 10.8. The van der Waals surface area contributed by atoms with E-state index in [1.54, 1.807) is 0 Å². The molecule has 0 aliphatic carbocycles. The lowest BCUT2D eigenvalue weighted by Gasteiger charge is -1.90. The molecular formula is C6H8OP2. The molecule has 9 heavy (non-hydrogen) atoms. The summed E-state index contributed by atoms with van der Waals surface area (Å²) >= 11 is 0. The SMILES string of the molecule is O=[PH](P)c1ccccc1. The molecule has 0 aromatic heterocycles. The van der Waals surface area contributed by atoms with Gasteiger partial charge in [0.2, 0.25) is 0 Å². The first-order valence-corrected chi connectivity index (χ1v) is 5.87. The summed E-state index contributed by atoms with van der Waals surface area (Å²) in [4.78, 5) is 0. The fourth-order valence-electron chi connectivity index (χ4n) is 0.602. The van der Waals surface area contributed by atoms with Gasteiger partial charge < -0.3 is 4.57 Å². The highest BCUT2D eigenvalue weighted by molar-refractivity contribution is 8.10. The summed E-state index contributed by atoms with van der Waals surface area (Å²) in [5.41, 5.74) is 0. The van der Waals surface area contributed by atoms with E-state index in [4.69, 9.17) is 0 Å². The minimum atomic E-state index is -1.55. The molecule has 48 valence electrons. The van der Waals surface area contributed by atoms with Gasteiger partial charge in [-0.15, -0.1) is 0 Å². The molecule has 0 radical (unpaired) electrons. The van der Waals surface area contributed by atoms with Crippen molar-refractivity contribution >= 4 is 21.7 Å². The van der Waals surface area contributed by atoms with Gasteiger partial charge in [0.05, 0.1) is 0 Å². The summed E-state index contributed by atoms with van der Waals surface area (Å²) in [5, 5.41) is 0.924. The first kappa shape index (κ1) is 6.99. The Bertz CT molecular complexity index is 208. The summed E-state index contributed by atoms with van der Waals surface area (Å²) in [6.07, 6.45) is 0. The van der Waals surface area contributed by atoms with Crippen LogP contribution >= 0.6 is 16.4 Å². The zero-order valence-corrected chi connectivity index (χ0v) is 7.03. The third-order valence-electron chi connectivity index (χ3n) is 1.06. The van der Waals surface area contributed by atoms with Crippen molar-refractivity contribution in [1.82, 2.24) is 0 Å². The zero-order chi connectivity index (χ0) is 6.69. The van der Waals surface area contributed by atoms with Crippen LogP contribution in [0.3, 0.4) is 0 Å². The fraction of sp³-hybridized carbons (Fsp3) is 0. The van der Waals surface area contributed by atoms with Crippen molar-refractivity contribution in [1.29, 1.82) is 0 Å². The van der Waals surface area contributed by atoms with Gasteiger partial charge in [-0.2, -0.15) is 0 Å². The van der Waals surface area contributed by atoms with Crippen LogP contribution in [0.1, 0.15) is 0 Å². The van der Waals surface area contributed by atoms with Crippen LogP contribution in [0.25, 0.3) is 0 Å². The van der Waals surface area contributed by atoms with Crippen LogP contribution in [0.5, 0.6) is 0 Å². The molecule has 0 aliphatic heterocycles. The van der Waals surface area contributed by atoms with Crippen molar-refractivity contribution in [2.45, 2.75) is 0 Å². The van der Waals surface area contributed by atoms with E-state index in [9.17, 15) is 4.57 Å². The van der Waals surface area contributed by atoms with Crippen molar-refractivity contribution < 1.29 is 4.57 Å². The van der Waals surface area contributed by atoms with Crippen LogP contribution in [0.2, 0.25) is 0 Å². The van der Waals surface area contributed by atoms with Crippen molar-refractivity contribution in [3.63, 3.8) is 0 Å². The zero-order valence-electron chi connectivity index (χ0n) is 4.87. The third-order valence-corrected chi connectivity index (χ3v) is 2.96. The molecule has 2 atom stereocenters. The van der Waals surface area contributed by atoms with E-state index in [1.165, 1.54) is 0 Å². The van der Waals surface area contributed by atoms with Gasteiger partial charge in [-0.1, -0.05) is 39.3 Å². The van der Waals surface area contributed by atoms with Crippen LogP contribution in [0, 0.1) is 0 Å². The Morgan fingerprint density at radius 1 is 1.22 bits per heavy atom. The maximum absolute atomic E-state index is 10.8. The number of rotatable bonds is 1. The molecule has 0 aliphatic rings. The lowest BCUT2D eigenvalue weighted by molar-refractivity contribution is 0.601. The normalized spacial score (nSPS) is 13.0. The molecule has 1 aromatic rings. The van der Waals surface area contributed by atoms with Crippen LogP contribution in [0.15, 0.2) is 30.3 Å². The quantitative estimate of drug-likeness (QED) is 0.568. The molecule has 0 N–H and O–H groups in total. The minimum Gasteiger partial charge on any atom is -0.318 e. The van der Waals surface area contributed by atoms with E-state index in [-0.39, 0.29) is 0 Å². The Morgan fingerprint density at radius 2 is 1.78 bits per heavy atom. The molecule has 0 amide bonds.